The van der Waals surface area contributed by atoms with Gasteiger partial charge < -0.3 is 36.6 Å². The van der Waals surface area contributed by atoms with E-state index < -0.39 is 6.10 Å². The second-order valence-electron chi connectivity index (χ2n) is 4.54. The van der Waals surface area contributed by atoms with Gasteiger partial charge in [-0.05, 0) is 36.9 Å². The van der Waals surface area contributed by atoms with Crippen LogP contribution in [0, 0.1) is 0 Å². The van der Waals surface area contributed by atoms with E-state index >= 15 is 0 Å². The first-order valence-electron chi connectivity index (χ1n) is 6.47. The predicted molar refractivity (Wildman–Crippen MR) is 82.8 cm³/mol. The Labute approximate surface area is 127 Å². The van der Waals surface area contributed by atoms with Crippen LogP contribution < -0.4 is 11.1 Å². The van der Waals surface area contributed by atoms with Gasteiger partial charge in [-0.2, -0.15) is 0 Å². The highest BCUT2D eigenvalue weighted by molar-refractivity contribution is 5.58. The summed E-state index contributed by atoms with van der Waals surface area (Å²) < 4.78 is 0. The fourth-order valence-corrected chi connectivity index (χ4v) is 1.61. The lowest BCUT2D eigenvalue weighted by molar-refractivity contribution is 0.177. The van der Waals surface area contributed by atoms with Crippen LogP contribution in [0.15, 0.2) is 36.4 Å². The normalized spacial score (nSPS) is 11.4. The molecule has 0 aliphatic heterocycles. The van der Waals surface area contributed by atoms with E-state index in [0.29, 0.717) is 12.1 Å². The van der Waals surface area contributed by atoms with Crippen molar-refractivity contribution < 1.29 is 25.5 Å². The zero-order valence-corrected chi connectivity index (χ0v) is 12.1. The largest absolute Gasteiger partial charge is 0.504 e. The number of phenolic OH excluding ortho intramolecular Hbond substituents is 4. The molecule has 0 saturated carbocycles. The molecule has 2 rings (SSSR count). The van der Waals surface area contributed by atoms with E-state index in [4.69, 9.17) is 26.2 Å². The van der Waals surface area contributed by atoms with Crippen LogP contribution in [0.3, 0.4) is 0 Å². The van der Waals surface area contributed by atoms with Crippen molar-refractivity contribution in [1.82, 2.24) is 5.32 Å². The molecule has 120 valence electrons. The van der Waals surface area contributed by atoms with Crippen molar-refractivity contribution in [2.24, 2.45) is 0 Å². The van der Waals surface area contributed by atoms with Crippen LogP contribution in [0.4, 0.5) is 5.69 Å². The average molecular weight is 308 g/mol. The van der Waals surface area contributed by atoms with Crippen LogP contribution in [0.1, 0.15) is 11.7 Å². The van der Waals surface area contributed by atoms with E-state index in [1.165, 1.54) is 24.3 Å². The third-order valence-corrected chi connectivity index (χ3v) is 2.83. The van der Waals surface area contributed by atoms with E-state index in [-0.39, 0.29) is 28.7 Å². The summed E-state index contributed by atoms with van der Waals surface area (Å²) in [6, 6.07) is 8.70. The maximum absolute atomic E-state index is 9.48. The van der Waals surface area contributed by atoms with Gasteiger partial charge in [0, 0.05) is 6.54 Å². The summed E-state index contributed by atoms with van der Waals surface area (Å²) in [6.45, 7) is 0.407. The number of nitrogens with two attached hydrogens (primary N) is 1. The van der Waals surface area contributed by atoms with Crippen molar-refractivity contribution >= 4 is 5.69 Å². The summed E-state index contributed by atoms with van der Waals surface area (Å²) in [5.41, 5.74) is 5.97. The molecule has 0 spiro atoms. The molecule has 7 heteroatoms. The summed E-state index contributed by atoms with van der Waals surface area (Å²) in [5.74, 6) is -0.833. The van der Waals surface area contributed by atoms with Crippen molar-refractivity contribution in [2.75, 3.05) is 19.3 Å². The minimum atomic E-state index is -0.670. The number of anilines is 1. The minimum absolute atomic E-state index is 0.180. The molecule has 0 saturated heterocycles. The van der Waals surface area contributed by atoms with Crippen LogP contribution in [-0.2, 0) is 0 Å². The lowest BCUT2D eigenvalue weighted by Crippen LogP contribution is -2.16. The van der Waals surface area contributed by atoms with Crippen molar-refractivity contribution in [3.05, 3.63) is 42.0 Å². The summed E-state index contributed by atoms with van der Waals surface area (Å²) in [5, 5.41) is 48.0. The highest BCUT2D eigenvalue weighted by atomic mass is 16.3. The lowest BCUT2D eigenvalue weighted by Gasteiger charge is -2.10. The van der Waals surface area contributed by atoms with Crippen LogP contribution >= 0.6 is 0 Å². The molecule has 0 radical (unpaired) electrons. The summed E-state index contributed by atoms with van der Waals surface area (Å²) >= 11 is 0. The van der Waals surface area contributed by atoms with Gasteiger partial charge in [0.15, 0.2) is 23.0 Å². The smallest absolute Gasteiger partial charge is 0.180 e. The minimum Gasteiger partial charge on any atom is -0.504 e. The quantitative estimate of drug-likeness (QED) is 0.332. The van der Waals surface area contributed by atoms with Gasteiger partial charge in [0.1, 0.15) is 0 Å². The molecule has 0 aliphatic carbocycles. The Hall–Kier alpha value is -2.64. The summed E-state index contributed by atoms with van der Waals surface area (Å²) in [7, 11) is 1.73. The Morgan fingerprint density at radius 2 is 1.68 bits per heavy atom. The summed E-state index contributed by atoms with van der Waals surface area (Å²) in [4.78, 5) is 0. The molecular formula is C15H20N2O5. The molecule has 0 aliphatic rings. The first-order chi connectivity index (χ1) is 10.4. The predicted octanol–water partition coefficient (Wildman–Crippen LogP) is 1.03. The number of aliphatic hydroxyl groups excluding tert-OH is 1. The number of nitrogens with one attached hydrogen (secondary N) is 1. The number of phenols is 4. The van der Waals surface area contributed by atoms with Gasteiger partial charge in [-0.25, -0.2) is 0 Å². The first-order valence-corrected chi connectivity index (χ1v) is 6.47. The molecule has 0 amide bonds. The second kappa shape index (κ2) is 7.96. The maximum atomic E-state index is 9.48. The van der Waals surface area contributed by atoms with Crippen molar-refractivity contribution in [3.8, 4) is 23.0 Å². The number of nitrogen functional groups attached to an aromatic ring is 1. The zero-order chi connectivity index (χ0) is 16.7. The first kappa shape index (κ1) is 17.4. The monoisotopic (exact) mass is 308 g/mol. The molecule has 0 bridgehead atoms. The van der Waals surface area contributed by atoms with Crippen LogP contribution in [0.5, 0.6) is 23.0 Å². The Kier molecular flexibility index (Phi) is 6.30. The van der Waals surface area contributed by atoms with E-state index in [1.54, 1.807) is 19.2 Å². The molecule has 1 atom stereocenters. The third kappa shape index (κ3) is 4.72. The van der Waals surface area contributed by atoms with Crippen molar-refractivity contribution in [1.29, 1.82) is 0 Å². The Morgan fingerprint density at radius 3 is 2.18 bits per heavy atom. The van der Waals surface area contributed by atoms with Gasteiger partial charge in [0.05, 0.1) is 11.8 Å². The highest BCUT2D eigenvalue weighted by Crippen LogP contribution is 2.29. The van der Waals surface area contributed by atoms with Gasteiger partial charge in [0.25, 0.3) is 0 Å². The fourth-order valence-electron chi connectivity index (χ4n) is 1.61. The van der Waals surface area contributed by atoms with E-state index in [1.807, 2.05) is 0 Å². The third-order valence-electron chi connectivity index (χ3n) is 2.83. The fraction of sp³-hybridized carbons (Fsp3) is 0.200. The summed E-state index contributed by atoms with van der Waals surface area (Å²) in [6.07, 6.45) is -0.670. The number of para-hydroxylation sites is 1. The van der Waals surface area contributed by atoms with Gasteiger partial charge in [-0.3, -0.25) is 0 Å². The number of hydrogen-bond acceptors (Lipinski definition) is 7. The Balaban J connectivity index is 0.000000235. The number of aliphatic hydroxyl groups is 1. The topological polar surface area (TPSA) is 139 Å². The molecular weight excluding hydrogens is 288 g/mol. The average Bonchev–Trinajstić information content (AvgIpc) is 2.48. The highest BCUT2D eigenvalue weighted by Gasteiger charge is 2.08. The van der Waals surface area contributed by atoms with E-state index in [0.717, 1.165) is 0 Å². The Morgan fingerprint density at radius 1 is 1.00 bits per heavy atom. The molecule has 7 nitrogen and oxygen atoms in total. The Bertz CT molecular complexity index is 599. The molecule has 2 aromatic rings. The molecule has 22 heavy (non-hydrogen) atoms. The van der Waals surface area contributed by atoms with Gasteiger partial charge >= 0.3 is 0 Å². The van der Waals surface area contributed by atoms with Gasteiger partial charge in [-0.15, -0.1) is 0 Å². The molecule has 0 fully saturated rings. The maximum Gasteiger partial charge on any atom is 0.180 e. The van der Waals surface area contributed by atoms with Crippen LogP contribution in [0.25, 0.3) is 0 Å². The molecule has 1 unspecified atom stereocenters. The molecule has 0 aromatic heterocycles. The molecule has 0 heterocycles. The zero-order valence-electron chi connectivity index (χ0n) is 12.1. The lowest BCUT2D eigenvalue weighted by atomic mass is 10.1. The standard InChI is InChI=1S/C9H13NO3.C6H7NO2/c1-10-5-9(13)6-2-3-7(11)8(12)4-6;7-4-2-1-3-5(8)6(4)9/h2-4,9-13H,5H2,1H3;1-3,8-9H,7H2. The number of benzene rings is 2. The SMILES string of the molecule is CNCC(O)c1ccc(O)c(O)c1.Nc1cccc(O)c1O. The molecule has 2 aromatic carbocycles. The van der Waals surface area contributed by atoms with Gasteiger partial charge in [-0.1, -0.05) is 12.1 Å². The second-order valence-corrected chi connectivity index (χ2v) is 4.54. The van der Waals surface area contributed by atoms with Crippen LogP contribution in [0.2, 0.25) is 0 Å². The van der Waals surface area contributed by atoms with Crippen LogP contribution in [-0.4, -0.2) is 39.1 Å². The van der Waals surface area contributed by atoms with Crippen molar-refractivity contribution in [2.45, 2.75) is 6.10 Å². The van der Waals surface area contributed by atoms with E-state index in [9.17, 15) is 5.11 Å². The number of likely N-dealkylation sites (N-methyl/N-ethyl adjacent to an activating group) is 1. The number of aromatic hydroxyl groups is 4. The molecule has 8 N–H and O–H groups in total. The number of hydrogen-bond donors (Lipinski definition) is 7. The number of rotatable bonds is 3. The van der Waals surface area contributed by atoms with Crippen molar-refractivity contribution in [3.63, 3.8) is 0 Å². The van der Waals surface area contributed by atoms with Gasteiger partial charge in [0.2, 0.25) is 0 Å². The van der Waals surface area contributed by atoms with E-state index in [2.05, 4.69) is 5.32 Å².